The monoisotopic (exact) mass is 327 g/mol. The molecule has 1 saturated carbocycles. The third kappa shape index (κ3) is 3.06. The molecule has 2 aliphatic rings. The van der Waals surface area contributed by atoms with Crippen LogP contribution in [0.5, 0.6) is 5.75 Å². The predicted octanol–water partition coefficient (Wildman–Crippen LogP) is 2.28. The molecule has 5 nitrogen and oxygen atoms in total. The summed E-state index contributed by atoms with van der Waals surface area (Å²) in [6, 6.07) is 11.6. The smallest absolute Gasteiger partial charge is 0.157 e. The number of ether oxygens (including phenoxy) is 2. The number of aromatic nitrogens is 2. The number of hydrogen-bond donors (Lipinski definition) is 1. The molecule has 24 heavy (non-hydrogen) atoms. The SMILES string of the molecule is Cn1cc(O[C@@H]2COC[C@@H]2NC2CC(C)(c3ccccc3)C2)cn1. The summed E-state index contributed by atoms with van der Waals surface area (Å²) in [5, 5.41) is 7.90. The minimum atomic E-state index is 0.0535. The van der Waals surface area contributed by atoms with E-state index in [2.05, 4.69) is 47.7 Å². The maximum absolute atomic E-state index is 6.04. The van der Waals surface area contributed by atoms with Gasteiger partial charge in [-0.05, 0) is 23.8 Å². The summed E-state index contributed by atoms with van der Waals surface area (Å²) in [4.78, 5) is 0. The van der Waals surface area contributed by atoms with Gasteiger partial charge in [-0.25, -0.2) is 0 Å². The fourth-order valence-electron chi connectivity index (χ4n) is 3.97. The van der Waals surface area contributed by atoms with E-state index in [4.69, 9.17) is 9.47 Å². The highest BCUT2D eigenvalue weighted by Gasteiger charge is 2.43. The lowest BCUT2D eigenvalue weighted by molar-refractivity contribution is 0.128. The van der Waals surface area contributed by atoms with E-state index in [-0.39, 0.29) is 17.6 Å². The number of nitrogens with one attached hydrogen (secondary N) is 1. The van der Waals surface area contributed by atoms with Crippen LogP contribution in [0.2, 0.25) is 0 Å². The van der Waals surface area contributed by atoms with Crippen molar-refractivity contribution in [1.82, 2.24) is 15.1 Å². The molecule has 1 saturated heterocycles. The Labute approximate surface area is 143 Å². The molecule has 1 aliphatic carbocycles. The molecule has 0 unspecified atom stereocenters. The molecule has 1 aromatic carbocycles. The van der Waals surface area contributed by atoms with Gasteiger partial charge >= 0.3 is 0 Å². The van der Waals surface area contributed by atoms with Crippen molar-refractivity contribution in [2.75, 3.05) is 13.2 Å². The largest absolute Gasteiger partial charge is 0.483 e. The summed E-state index contributed by atoms with van der Waals surface area (Å²) in [5.74, 6) is 0.808. The first kappa shape index (κ1) is 15.7. The zero-order valence-corrected chi connectivity index (χ0v) is 14.3. The van der Waals surface area contributed by atoms with E-state index in [1.807, 2.05) is 13.2 Å². The molecule has 2 heterocycles. The van der Waals surface area contributed by atoms with Gasteiger partial charge in [0.1, 0.15) is 6.10 Å². The zero-order valence-electron chi connectivity index (χ0n) is 14.3. The Morgan fingerprint density at radius 3 is 2.75 bits per heavy atom. The second-order valence-electron chi connectivity index (χ2n) is 7.35. The maximum atomic E-state index is 6.04. The standard InChI is InChI=1S/C19H25N3O2/c1-19(14-6-4-3-5-7-14)8-15(9-19)21-17-12-23-13-18(17)24-16-10-20-22(2)11-16/h3-7,10-11,15,17-18,21H,8-9,12-13H2,1-2H3/t15?,17-,18+,19?/m0/s1. The molecule has 4 rings (SSSR count). The first-order valence-electron chi connectivity index (χ1n) is 8.67. The minimum Gasteiger partial charge on any atom is -0.483 e. The summed E-state index contributed by atoms with van der Waals surface area (Å²) >= 11 is 0. The minimum absolute atomic E-state index is 0.0535. The summed E-state index contributed by atoms with van der Waals surface area (Å²) in [7, 11) is 1.90. The lowest BCUT2D eigenvalue weighted by atomic mass is 9.63. The van der Waals surface area contributed by atoms with Crippen LogP contribution in [0, 0.1) is 0 Å². The van der Waals surface area contributed by atoms with Gasteiger partial charge in [-0.3, -0.25) is 4.68 Å². The van der Waals surface area contributed by atoms with Gasteiger partial charge in [-0.2, -0.15) is 5.10 Å². The lowest BCUT2D eigenvalue weighted by Crippen LogP contribution is -2.56. The molecule has 0 radical (unpaired) electrons. The van der Waals surface area contributed by atoms with Gasteiger partial charge in [0.15, 0.2) is 5.75 Å². The van der Waals surface area contributed by atoms with Crippen molar-refractivity contribution in [3.8, 4) is 5.75 Å². The Hall–Kier alpha value is -1.85. The van der Waals surface area contributed by atoms with Crippen molar-refractivity contribution in [3.63, 3.8) is 0 Å². The Morgan fingerprint density at radius 2 is 2.04 bits per heavy atom. The van der Waals surface area contributed by atoms with E-state index in [0.29, 0.717) is 19.3 Å². The average molecular weight is 327 g/mol. The molecule has 1 aromatic heterocycles. The van der Waals surface area contributed by atoms with Crippen molar-refractivity contribution in [2.45, 2.75) is 43.4 Å². The number of hydrogen-bond acceptors (Lipinski definition) is 4. The third-order valence-corrected chi connectivity index (χ3v) is 5.31. The van der Waals surface area contributed by atoms with Crippen LogP contribution in [0.25, 0.3) is 0 Å². The topological polar surface area (TPSA) is 48.3 Å². The van der Waals surface area contributed by atoms with Crippen LogP contribution in [0.1, 0.15) is 25.3 Å². The Morgan fingerprint density at radius 1 is 1.25 bits per heavy atom. The molecular formula is C19H25N3O2. The summed E-state index contributed by atoms with van der Waals surface area (Å²) in [6.45, 7) is 3.70. The van der Waals surface area contributed by atoms with Crippen LogP contribution in [-0.4, -0.2) is 41.2 Å². The van der Waals surface area contributed by atoms with Gasteiger partial charge < -0.3 is 14.8 Å². The normalized spacial score (nSPS) is 32.5. The third-order valence-electron chi connectivity index (χ3n) is 5.31. The van der Waals surface area contributed by atoms with E-state index in [0.717, 1.165) is 18.6 Å². The van der Waals surface area contributed by atoms with Gasteiger partial charge in [0.2, 0.25) is 0 Å². The van der Waals surface area contributed by atoms with Gasteiger partial charge in [-0.15, -0.1) is 0 Å². The lowest BCUT2D eigenvalue weighted by Gasteiger charge is -2.47. The van der Waals surface area contributed by atoms with Crippen molar-refractivity contribution in [2.24, 2.45) is 7.05 Å². The summed E-state index contributed by atoms with van der Waals surface area (Å²) in [5.41, 5.74) is 1.73. The maximum Gasteiger partial charge on any atom is 0.157 e. The second-order valence-corrected chi connectivity index (χ2v) is 7.35. The first-order chi connectivity index (χ1) is 11.6. The molecule has 0 spiro atoms. The van der Waals surface area contributed by atoms with E-state index < -0.39 is 0 Å². The molecule has 128 valence electrons. The first-order valence-corrected chi connectivity index (χ1v) is 8.67. The molecular weight excluding hydrogens is 302 g/mol. The molecule has 2 fully saturated rings. The van der Waals surface area contributed by atoms with Crippen LogP contribution in [0.15, 0.2) is 42.7 Å². The van der Waals surface area contributed by atoms with Crippen molar-refractivity contribution >= 4 is 0 Å². The number of nitrogens with zero attached hydrogens (tertiary/aromatic N) is 2. The molecule has 2 aromatic rings. The quantitative estimate of drug-likeness (QED) is 0.915. The van der Waals surface area contributed by atoms with Crippen LogP contribution in [0.4, 0.5) is 0 Å². The van der Waals surface area contributed by atoms with E-state index in [9.17, 15) is 0 Å². The fourth-order valence-corrected chi connectivity index (χ4v) is 3.97. The van der Waals surface area contributed by atoms with Crippen LogP contribution >= 0.6 is 0 Å². The number of aryl methyl sites for hydroxylation is 1. The molecule has 1 N–H and O–H groups in total. The average Bonchev–Trinajstić information content (AvgIpc) is 3.16. The van der Waals surface area contributed by atoms with Gasteiger partial charge in [0.25, 0.3) is 0 Å². The predicted molar refractivity (Wildman–Crippen MR) is 92.2 cm³/mol. The molecule has 2 atom stereocenters. The fraction of sp³-hybridized carbons (Fsp3) is 0.526. The van der Waals surface area contributed by atoms with Gasteiger partial charge in [0.05, 0.1) is 31.6 Å². The Kier molecular flexibility index (Phi) is 4.06. The van der Waals surface area contributed by atoms with Gasteiger partial charge in [-0.1, -0.05) is 37.3 Å². The number of benzene rings is 1. The van der Waals surface area contributed by atoms with Crippen LogP contribution in [-0.2, 0) is 17.2 Å². The van der Waals surface area contributed by atoms with E-state index in [1.165, 1.54) is 5.56 Å². The highest BCUT2D eigenvalue weighted by atomic mass is 16.5. The summed E-state index contributed by atoms with van der Waals surface area (Å²) < 4.78 is 13.4. The van der Waals surface area contributed by atoms with E-state index >= 15 is 0 Å². The Bertz CT molecular complexity index is 679. The van der Waals surface area contributed by atoms with Crippen LogP contribution < -0.4 is 10.1 Å². The second kappa shape index (κ2) is 6.22. The van der Waals surface area contributed by atoms with Crippen LogP contribution in [0.3, 0.4) is 0 Å². The molecule has 0 bridgehead atoms. The zero-order chi connectivity index (χ0) is 16.6. The molecule has 5 heteroatoms. The Balaban J connectivity index is 1.33. The van der Waals surface area contributed by atoms with Gasteiger partial charge in [0, 0.05) is 13.1 Å². The highest BCUT2D eigenvalue weighted by Crippen LogP contribution is 2.43. The molecule has 0 amide bonds. The van der Waals surface area contributed by atoms with E-state index in [1.54, 1.807) is 10.9 Å². The van der Waals surface area contributed by atoms with Crippen molar-refractivity contribution in [3.05, 3.63) is 48.3 Å². The highest BCUT2D eigenvalue weighted by molar-refractivity contribution is 5.28. The summed E-state index contributed by atoms with van der Waals surface area (Å²) in [6.07, 6.45) is 6.02. The molecule has 1 aliphatic heterocycles. The van der Waals surface area contributed by atoms with Crippen molar-refractivity contribution in [1.29, 1.82) is 0 Å². The number of rotatable bonds is 5. The van der Waals surface area contributed by atoms with Crippen molar-refractivity contribution < 1.29 is 9.47 Å².